The minimum Gasteiger partial charge on any atom is -0.493 e. The quantitative estimate of drug-likeness (QED) is 0.241. The third-order valence-corrected chi connectivity index (χ3v) is 8.21. The van der Waals surface area contributed by atoms with Crippen LogP contribution in [0.15, 0.2) is 101 Å². The molecule has 0 aliphatic heterocycles. The number of aromatic amines is 1. The van der Waals surface area contributed by atoms with Crippen LogP contribution in [0.2, 0.25) is 0 Å². The lowest BCUT2D eigenvalue weighted by molar-refractivity contribution is 0.318. The van der Waals surface area contributed by atoms with E-state index in [0.717, 1.165) is 23.1 Å². The number of hydrogen-bond acceptors (Lipinski definition) is 7. The third-order valence-electron chi connectivity index (χ3n) is 6.81. The molecule has 11 heteroatoms. The van der Waals surface area contributed by atoms with Crippen molar-refractivity contribution in [2.45, 2.75) is 31.3 Å². The van der Waals surface area contributed by atoms with Gasteiger partial charge in [-0.25, -0.2) is 23.1 Å². The van der Waals surface area contributed by atoms with Gasteiger partial charge in [-0.15, -0.1) is 0 Å². The van der Waals surface area contributed by atoms with Crippen molar-refractivity contribution in [1.82, 2.24) is 29.2 Å². The standard InChI is InChI=1S/C31H28N6O4S/c1-2-13-41-29-11-10-23(42(39,40)34-18-22-9-6-12-32-17-22)14-25(29)30-35-26-16-27-28(15-24(26)31(38)36-30)37(20-33-27)19-21-7-4-3-5-8-21/h3-12,14-17,20,34H,2,13,18-19H2,1H3,(H,35,36,38). The number of benzene rings is 3. The molecule has 0 fully saturated rings. The van der Waals surface area contributed by atoms with Crippen LogP contribution in [0, 0.1) is 0 Å². The van der Waals surface area contributed by atoms with Gasteiger partial charge >= 0.3 is 0 Å². The Morgan fingerprint density at radius 1 is 0.976 bits per heavy atom. The van der Waals surface area contributed by atoms with Crippen LogP contribution in [0.3, 0.4) is 0 Å². The maximum absolute atomic E-state index is 13.4. The van der Waals surface area contributed by atoms with E-state index in [1.807, 2.05) is 41.8 Å². The normalized spacial score (nSPS) is 11.7. The number of aromatic nitrogens is 5. The molecule has 0 radical (unpaired) electrons. The van der Waals surface area contributed by atoms with Gasteiger partial charge in [0.15, 0.2) is 0 Å². The van der Waals surface area contributed by atoms with Crippen molar-refractivity contribution in [2.24, 2.45) is 0 Å². The highest BCUT2D eigenvalue weighted by molar-refractivity contribution is 7.89. The second kappa shape index (κ2) is 11.6. The minimum atomic E-state index is -3.90. The monoisotopic (exact) mass is 580 g/mol. The number of imidazole rings is 1. The summed E-state index contributed by atoms with van der Waals surface area (Å²) >= 11 is 0. The summed E-state index contributed by atoms with van der Waals surface area (Å²) in [6.45, 7) is 3.08. The van der Waals surface area contributed by atoms with Gasteiger partial charge in [0.25, 0.3) is 5.56 Å². The fourth-order valence-corrected chi connectivity index (χ4v) is 5.73. The van der Waals surface area contributed by atoms with E-state index in [1.54, 1.807) is 49.1 Å². The Balaban J connectivity index is 1.39. The van der Waals surface area contributed by atoms with Gasteiger partial charge in [-0.05, 0) is 53.9 Å². The number of hydrogen-bond donors (Lipinski definition) is 2. The van der Waals surface area contributed by atoms with E-state index in [-0.39, 0.29) is 22.8 Å². The highest BCUT2D eigenvalue weighted by Crippen LogP contribution is 2.31. The van der Waals surface area contributed by atoms with Gasteiger partial charge in [0.05, 0.1) is 45.3 Å². The summed E-state index contributed by atoms with van der Waals surface area (Å²) in [4.78, 5) is 29.5. The van der Waals surface area contributed by atoms with Crippen LogP contribution in [0.25, 0.3) is 33.3 Å². The first-order chi connectivity index (χ1) is 20.4. The molecule has 0 bridgehead atoms. The van der Waals surface area contributed by atoms with E-state index < -0.39 is 10.0 Å². The zero-order chi connectivity index (χ0) is 29.1. The Morgan fingerprint density at radius 3 is 2.60 bits per heavy atom. The molecule has 6 rings (SSSR count). The zero-order valence-electron chi connectivity index (χ0n) is 22.8. The molecule has 2 N–H and O–H groups in total. The average Bonchev–Trinajstić information content (AvgIpc) is 3.40. The van der Waals surface area contributed by atoms with Crippen LogP contribution in [0.5, 0.6) is 5.75 Å². The molecule has 3 aromatic carbocycles. The van der Waals surface area contributed by atoms with Crippen molar-refractivity contribution >= 4 is 32.0 Å². The van der Waals surface area contributed by atoms with Gasteiger partial charge in [-0.2, -0.15) is 0 Å². The van der Waals surface area contributed by atoms with Gasteiger partial charge < -0.3 is 14.3 Å². The van der Waals surface area contributed by atoms with Crippen LogP contribution < -0.4 is 15.0 Å². The average molecular weight is 581 g/mol. The minimum absolute atomic E-state index is 0.0168. The van der Waals surface area contributed by atoms with Crippen molar-refractivity contribution < 1.29 is 13.2 Å². The Morgan fingerprint density at radius 2 is 1.81 bits per heavy atom. The second-order valence-electron chi connectivity index (χ2n) is 9.82. The molecule has 0 unspecified atom stereocenters. The molecule has 6 aromatic rings. The summed E-state index contributed by atoms with van der Waals surface area (Å²) in [6.07, 6.45) is 5.71. The number of H-pyrrole nitrogens is 1. The molecule has 0 atom stereocenters. The van der Waals surface area contributed by atoms with Gasteiger partial charge in [0.2, 0.25) is 10.0 Å². The van der Waals surface area contributed by atoms with E-state index in [0.29, 0.717) is 40.9 Å². The van der Waals surface area contributed by atoms with E-state index in [4.69, 9.17) is 9.72 Å². The summed E-state index contributed by atoms with van der Waals surface area (Å²) in [6, 6.07) is 21.6. The highest BCUT2D eigenvalue weighted by atomic mass is 32.2. The predicted molar refractivity (Wildman–Crippen MR) is 161 cm³/mol. The van der Waals surface area contributed by atoms with E-state index in [2.05, 4.69) is 19.7 Å². The smallest absolute Gasteiger partial charge is 0.259 e. The summed E-state index contributed by atoms with van der Waals surface area (Å²) in [5.41, 5.74) is 3.80. The molecule has 0 spiro atoms. The van der Waals surface area contributed by atoms with Crippen molar-refractivity contribution in [2.75, 3.05) is 6.61 Å². The lowest BCUT2D eigenvalue weighted by Gasteiger charge is -2.14. The summed E-state index contributed by atoms with van der Waals surface area (Å²) in [5.74, 6) is 0.616. The van der Waals surface area contributed by atoms with Crippen LogP contribution in [0.4, 0.5) is 0 Å². The zero-order valence-corrected chi connectivity index (χ0v) is 23.6. The molecule has 10 nitrogen and oxygen atoms in total. The van der Waals surface area contributed by atoms with Crippen LogP contribution in [-0.4, -0.2) is 39.5 Å². The van der Waals surface area contributed by atoms with Gasteiger partial charge in [0, 0.05) is 25.5 Å². The molecule has 0 saturated heterocycles. The first kappa shape index (κ1) is 27.3. The molecule has 0 aliphatic carbocycles. The molecule has 0 saturated carbocycles. The Bertz CT molecular complexity index is 2040. The second-order valence-corrected chi connectivity index (χ2v) is 11.6. The number of sulfonamides is 1. The molecule has 3 heterocycles. The Labute approximate surface area is 242 Å². The lowest BCUT2D eigenvalue weighted by atomic mass is 10.1. The molecule has 0 aliphatic rings. The van der Waals surface area contributed by atoms with E-state index in [1.165, 1.54) is 12.1 Å². The van der Waals surface area contributed by atoms with Crippen molar-refractivity contribution in [3.05, 3.63) is 113 Å². The fourth-order valence-electron chi connectivity index (χ4n) is 4.69. The summed E-state index contributed by atoms with van der Waals surface area (Å²) in [5, 5.41) is 0.402. The van der Waals surface area contributed by atoms with E-state index in [9.17, 15) is 13.2 Å². The molecule has 0 amide bonds. The first-order valence-electron chi connectivity index (χ1n) is 13.5. The topological polar surface area (TPSA) is 132 Å². The number of nitrogens with one attached hydrogen (secondary N) is 2. The third kappa shape index (κ3) is 5.65. The summed E-state index contributed by atoms with van der Waals surface area (Å²) in [7, 11) is -3.90. The van der Waals surface area contributed by atoms with Crippen molar-refractivity contribution in [3.63, 3.8) is 0 Å². The molecule has 3 aromatic heterocycles. The molecule has 212 valence electrons. The SMILES string of the molecule is CCCOc1ccc(S(=O)(=O)NCc2cccnc2)cc1-c1nc2cc3ncn(Cc4ccccc4)c3cc2c(=O)[nH]1. The van der Waals surface area contributed by atoms with Crippen molar-refractivity contribution in [1.29, 1.82) is 0 Å². The van der Waals surface area contributed by atoms with Crippen LogP contribution >= 0.6 is 0 Å². The van der Waals surface area contributed by atoms with Gasteiger partial charge in [-0.3, -0.25) is 9.78 Å². The molecular weight excluding hydrogens is 552 g/mol. The van der Waals surface area contributed by atoms with Crippen LogP contribution in [-0.2, 0) is 23.1 Å². The number of nitrogens with zero attached hydrogens (tertiary/aromatic N) is 4. The predicted octanol–water partition coefficient (Wildman–Crippen LogP) is 4.65. The summed E-state index contributed by atoms with van der Waals surface area (Å²) < 4.78 is 36.9. The van der Waals surface area contributed by atoms with Gasteiger partial charge in [-0.1, -0.05) is 43.3 Å². The number of pyridine rings is 1. The highest BCUT2D eigenvalue weighted by Gasteiger charge is 2.20. The first-order valence-corrected chi connectivity index (χ1v) is 15.0. The maximum atomic E-state index is 13.4. The Kier molecular flexibility index (Phi) is 7.51. The van der Waals surface area contributed by atoms with Crippen molar-refractivity contribution in [3.8, 4) is 17.1 Å². The largest absolute Gasteiger partial charge is 0.493 e. The molecule has 42 heavy (non-hydrogen) atoms. The maximum Gasteiger partial charge on any atom is 0.259 e. The Hall–Kier alpha value is -4.87. The van der Waals surface area contributed by atoms with Gasteiger partial charge in [0.1, 0.15) is 11.6 Å². The lowest BCUT2D eigenvalue weighted by Crippen LogP contribution is -2.23. The van der Waals surface area contributed by atoms with E-state index >= 15 is 0 Å². The van der Waals surface area contributed by atoms with Crippen LogP contribution in [0.1, 0.15) is 24.5 Å². The number of rotatable bonds is 10. The fraction of sp³-hybridized carbons (Fsp3) is 0.161. The number of fused-ring (bicyclic) bond motifs is 2. The number of ether oxygens (including phenoxy) is 1. The molecular formula is C31H28N6O4S.